The topological polar surface area (TPSA) is 83.6 Å². The summed E-state index contributed by atoms with van der Waals surface area (Å²) in [7, 11) is -3.86. The molecule has 2 aromatic carbocycles. The Morgan fingerprint density at radius 3 is 2.52 bits per heavy atom. The molecule has 1 aliphatic heterocycles. The third-order valence-corrected chi connectivity index (χ3v) is 6.91. The molecule has 1 aliphatic rings. The van der Waals surface area contributed by atoms with E-state index in [2.05, 4.69) is 21.2 Å². The zero-order valence-electron chi connectivity index (χ0n) is 14.5. The number of carbonyl (C=O) groups is 2. The van der Waals surface area contributed by atoms with Gasteiger partial charge in [-0.05, 0) is 50.2 Å². The second-order valence-corrected chi connectivity index (χ2v) is 9.98. The molecule has 0 saturated carbocycles. The average molecular weight is 472 g/mol. The van der Waals surface area contributed by atoms with E-state index in [4.69, 9.17) is 11.6 Å². The Labute approximate surface area is 170 Å². The van der Waals surface area contributed by atoms with Crippen molar-refractivity contribution in [1.82, 2.24) is 0 Å². The number of amides is 2. The summed E-state index contributed by atoms with van der Waals surface area (Å²) in [6, 6.07) is 11.2. The van der Waals surface area contributed by atoms with Gasteiger partial charge in [0.25, 0.3) is 5.91 Å². The molecule has 0 unspecified atom stereocenters. The van der Waals surface area contributed by atoms with Gasteiger partial charge in [-0.15, -0.1) is 0 Å². The van der Waals surface area contributed by atoms with Crippen LogP contribution in [0.1, 0.15) is 24.2 Å². The monoisotopic (exact) mass is 470 g/mol. The average Bonchev–Trinajstić information content (AvgIpc) is 2.71. The number of sulfonamides is 1. The van der Waals surface area contributed by atoms with Crippen LogP contribution in [0.25, 0.3) is 0 Å². The lowest BCUT2D eigenvalue weighted by Crippen LogP contribution is -2.33. The molecule has 0 bridgehead atoms. The second-order valence-electron chi connectivity index (χ2n) is 6.84. The van der Waals surface area contributed by atoms with Crippen molar-refractivity contribution >= 4 is 60.7 Å². The van der Waals surface area contributed by atoms with E-state index in [0.717, 1.165) is 4.47 Å². The number of carbonyl (C=O) groups excluding carboxylic acids is 2. The van der Waals surface area contributed by atoms with Gasteiger partial charge >= 0.3 is 0 Å². The summed E-state index contributed by atoms with van der Waals surface area (Å²) in [5.41, 5.74) is -0.329. The van der Waals surface area contributed by atoms with E-state index in [1.165, 1.54) is 18.2 Å². The highest BCUT2D eigenvalue weighted by atomic mass is 79.9. The third kappa shape index (κ3) is 3.88. The lowest BCUT2D eigenvalue weighted by Gasteiger charge is -2.19. The second kappa shape index (κ2) is 6.92. The Bertz CT molecular complexity index is 1050. The lowest BCUT2D eigenvalue weighted by atomic mass is 9.95. The summed E-state index contributed by atoms with van der Waals surface area (Å²) in [6.45, 7) is 3.12. The molecule has 0 aliphatic carbocycles. The molecule has 9 heteroatoms. The molecule has 2 amide bonds. The van der Waals surface area contributed by atoms with Crippen molar-refractivity contribution in [3.8, 4) is 0 Å². The van der Waals surface area contributed by atoms with Gasteiger partial charge in [-0.25, -0.2) is 12.7 Å². The highest BCUT2D eigenvalue weighted by Crippen LogP contribution is 2.39. The molecular formula is C18H16BrClN2O4S. The van der Waals surface area contributed by atoms with Crippen LogP contribution in [-0.2, 0) is 14.8 Å². The van der Waals surface area contributed by atoms with Crippen LogP contribution < -0.4 is 9.62 Å². The van der Waals surface area contributed by atoms with E-state index in [-0.39, 0.29) is 22.0 Å². The molecule has 1 fully saturated rings. The number of nitrogens with one attached hydrogen (secondary N) is 1. The number of hydrogen-bond acceptors (Lipinski definition) is 4. The van der Waals surface area contributed by atoms with Gasteiger partial charge in [-0.2, -0.15) is 0 Å². The predicted molar refractivity (Wildman–Crippen MR) is 109 cm³/mol. The molecule has 142 valence electrons. The van der Waals surface area contributed by atoms with Gasteiger partial charge < -0.3 is 5.32 Å². The van der Waals surface area contributed by atoms with Crippen LogP contribution >= 0.6 is 27.5 Å². The van der Waals surface area contributed by atoms with Gasteiger partial charge in [-0.3, -0.25) is 9.59 Å². The molecule has 0 spiro atoms. The Hall–Kier alpha value is -1.90. The molecule has 0 atom stereocenters. The molecule has 27 heavy (non-hydrogen) atoms. The number of rotatable bonds is 3. The van der Waals surface area contributed by atoms with Crippen LogP contribution in [0.4, 0.5) is 11.4 Å². The molecular weight excluding hydrogens is 456 g/mol. The minimum absolute atomic E-state index is 0.0193. The molecule has 1 N–H and O–H groups in total. The van der Waals surface area contributed by atoms with Crippen LogP contribution in [0.2, 0.25) is 5.02 Å². The van der Waals surface area contributed by atoms with Gasteiger partial charge in [0.1, 0.15) is 0 Å². The normalized spacial score (nSPS) is 17.8. The molecule has 3 rings (SSSR count). The largest absolute Gasteiger partial charge is 0.322 e. The van der Waals surface area contributed by atoms with Crippen molar-refractivity contribution in [2.24, 2.45) is 5.41 Å². The molecule has 1 saturated heterocycles. The van der Waals surface area contributed by atoms with Crippen LogP contribution in [0.3, 0.4) is 0 Å². The Balaban J connectivity index is 1.98. The summed E-state index contributed by atoms with van der Waals surface area (Å²) in [5.74, 6) is -1.34. The first-order valence-corrected chi connectivity index (χ1v) is 10.7. The minimum Gasteiger partial charge on any atom is -0.322 e. The fraction of sp³-hybridized carbons (Fsp3) is 0.222. The standard InChI is InChI=1S/C18H16BrClN2O4S/c1-18(2)10-27(25,26)22(17(18)24)15-8-11(6-7-14(15)20)16(23)21-13-5-3-4-12(19)9-13/h3-9H,10H2,1-2H3,(H,21,23). The molecule has 6 nitrogen and oxygen atoms in total. The maximum absolute atomic E-state index is 12.6. The van der Waals surface area contributed by atoms with Crippen molar-refractivity contribution in [3.63, 3.8) is 0 Å². The fourth-order valence-corrected chi connectivity index (χ4v) is 5.59. The Kier molecular flexibility index (Phi) is 5.09. The van der Waals surface area contributed by atoms with Crippen LogP contribution in [0.5, 0.6) is 0 Å². The van der Waals surface area contributed by atoms with Gasteiger partial charge in [0, 0.05) is 15.7 Å². The number of halogens is 2. The summed E-state index contributed by atoms with van der Waals surface area (Å²) in [5, 5.41) is 2.79. The number of nitrogens with zero attached hydrogens (tertiary/aromatic N) is 1. The molecule has 1 heterocycles. The molecule has 2 aromatic rings. The van der Waals surface area contributed by atoms with E-state index in [1.807, 2.05) is 6.07 Å². The first-order valence-electron chi connectivity index (χ1n) is 7.95. The highest BCUT2D eigenvalue weighted by molar-refractivity contribution is 9.10. The maximum Gasteiger partial charge on any atom is 0.255 e. The SMILES string of the molecule is CC1(C)CS(=O)(=O)N(c2cc(C(=O)Nc3cccc(Br)c3)ccc2Cl)C1=O. The summed E-state index contributed by atoms with van der Waals surface area (Å²) < 4.78 is 26.5. The number of hydrogen-bond donors (Lipinski definition) is 1. The van der Waals surface area contributed by atoms with Crippen LogP contribution in [-0.4, -0.2) is 26.0 Å². The summed E-state index contributed by atoms with van der Waals surface area (Å²) >= 11 is 9.48. The maximum atomic E-state index is 12.6. The van der Waals surface area contributed by atoms with Crippen molar-refractivity contribution in [3.05, 3.63) is 57.5 Å². The predicted octanol–water partition coefficient (Wildman–Crippen LogP) is 4.06. The third-order valence-electron chi connectivity index (χ3n) is 4.09. The molecule has 0 aromatic heterocycles. The highest BCUT2D eigenvalue weighted by Gasteiger charge is 2.50. The quantitative estimate of drug-likeness (QED) is 0.732. The zero-order chi connectivity index (χ0) is 20.0. The van der Waals surface area contributed by atoms with E-state index in [9.17, 15) is 18.0 Å². The number of anilines is 2. The lowest BCUT2D eigenvalue weighted by molar-refractivity contribution is -0.123. The fourth-order valence-electron chi connectivity index (χ4n) is 2.82. The number of benzene rings is 2. The first-order chi connectivity index (χ1) is 12.5. The van der Waals surface area contributed by atoms with Gasteiger partial charge in [0.2, 0.25) is 15.9 Å². The Morgan fingerprint density at radius 2 is 1.93 bits per heavy atom. The van der Waals surface area contributed by atoms with E-state index >= 15 is 0 Å². The Morgan fingerprint density at radius 1 is 1.22 bits per heavy atom. The van der Waals surface area contributed by atoms with Crippen molar-refractivity contribution < 1.29 is 18.0 Å². The summed E-state index contributed by atoms with van der Waals surface area (Å²) in [4.78, 5) is 25.1. The van der Waals surface area contributed by atoms with E-state index in [1.54, 1.807) is 32.0 Å². The summed E-state index contributed by atoms with van der Waals surface area (Å²) in [6.07, 6.45) is 0. The van der Waals surface area contributed by atoms with Gasteiger partial charge in [0.05, 0.1) is 21.9 Å². The van der Waals surface area contributed by atoms with Crippen LogP contribution in [0.15, 0.2) is 46.9 Å². The van der Waals surface area contributed by atoms with Crippen molar-refractivity contribution in [2.75, 3.05) is 15.4 Å². The van der Waals surface area contributed by atoms with E-state index < -0.39 is 27.3 Å². The van der Waals surface area contributed by atoms with Crippen molar-refractivity contribution in [1.29, 1.82) is 0 Å². The zero-order valence-corrected chi connectivity index (χ0v) is 17.7. The van der Waals surface area contributed by atoms with Gasteiger partial charge in [-0.1, -0.05) is 33.6 Å². The first kappa shape index (κ1) is 19.9. The minimum atomic E-state index is -3.86. The van der Waals surface area contributed by atoms with Gasteiger partial charge in [0.15, 0.2) is 0 Å². The van der Waals surface area contributed by atoms with E-state index in [0.29, 0.717) is 9.99 Å². The van der Waals surface area contributed by atoms with Crippen molar-refractivity contribution in [2.45, 2.75) is 13.8 Å². The molecule has 0 radical (unpaired) electrons. The smallest absolute Gasteiger partial charge is 0.255 e. The van der Waals surface area contributed by atoms with Crippen LogP contribution in [0, 0.1) is 5.41 Å².